The van der Waals surface area contributed by atoms with Crippen LogP contribution in [0.3, 0.4) is 0 Å². The lowest BCUT2D eigenvalue weighted by Crippen LogP contribution is -2.59. The second-order valence-electron chi connectivity index (χ2n) is 5.68. The van der Waals surface area contributed by atoms with E-state index < -0.39 is 21.0 Å². The van der Waals surface area contributed by atoms with E-state index in [1.807, 2.05) is 0 Å². The number of rotatable bonds is 5. The Labute approximate surface area is 132 Å². The van der Waals surface area contributed by atoms with Crippen molar-refractivity contribution in [1.82, 2.24) is 9.80 Å². The van der Waals surface area contributed by atoms with E-state index >= 15 is 0 Å². The molecule has 9 heteroatoms. The first-order chi connectivity index (χ1) is 10.9. The first-order valence-electron chi connectivity index (χ1n) is 7.22. The summed E-state index contributed by atoms with van der Waals surface area (Å²) in [5.41, 5.74) is 0. The number of furan rings is 1. The van der Waals surface area contributed by atoms with Gasteiger partial charge in [-0.05, 0) is 12.1 Å². The van der Waals surface area contributed by atoms with Gasteiger partial charge in [0.15, 0.2) is 9.84 Å². The van der Waals surface area contributed by atoms with Gasteiger partial charge in [0.2, 0.25) is 17.7 Å². The Morgan fingerprint density at radius 2 is 1.87 bits per heavy atom. The number of likely N-dealkylation sites (tertiary alicyclic amines) is 2. The van der Waals surface area contributed by atoms with Crippen LogP contribution < -0.4 is 0 Å². The molecular weight excluding hydrogens is 324 g/mol. The quantitative estimate of drug-likeness (QED) is 0.673. The molecule has 0 atom stereocenters. The van der Waals surface area contributed by atoms with Crippen LogP contribution in [0, 0.1) is 0 Å². The molecule has 0 spiro atoms. The van der Waals surface area contributed by atoms with Crippen molar-refractivity contribution < 1.29 is 27.2 Å². The molecule has 3 amide bonds. The van der Waals surface area contributed by atoms with Crippen LogP contribution in [0.1, 0.15) is 18.6 Å². The number of hydrogen-bond acceptors (Lipinski definition) is 6. The minimum atomic E-state index is -3.40. The molecule has 3 heterocycles. The topological polar surface area (TPSA) is 105 Å². The lowest BCUT2D eigenvalue weighted by atomic mass is 10.2. The molecule has 0 unspecified atom stereocenters. The summed E-state index contributed by atoms with van der Waals surface area (Å²) in [6.07, 6.45) is 1.67. The summed E-state index contributed by atoms with van der Waals surface area (Å²) in [5, 5.41) is -0.637. The van der Waals surface area contributed by atoms with Crippen molar-refractivity contribution in [2.24, 2.45) is 0 Å². The fourth-order valence-electron chi connectivity index (χ4n) is 2.61. The summed E-state index contributed by atoms with van der Waals surface area (Å²) in [4.78, 5) is 37.3. The van der Waals surface area contributed by atoms with Crippen LogP contribution in [0.5, 0.6) is 0 Å². The van der Waals surface area contributed by atoms with Gasteiger partial charge in [-0.2, -0.15) is 0 Å². The molecule has 23 heavy (non-hydrogen) atoms. The van der Waals surface area contributed by atoms with E-state index in [1.165, 1.54) is 11.2 Å². The number of sulfone groups is 1. The molecule has 2 aliphatic rings. The van der Waals surface area contributed by atoms with Crippen LogP contribution in [0.2, 0.25) is 0 Å². The first-order valence-corrected chi connectivity index (χ1v) is 8.93. The molecule has 1 aromatic heterocycles. The number of carbonyl (C=O) groups excluding carboxylic acids is 3. The summed E-state index contributed by atoms with van der Waals surface area (Å²) < 4.78 is 29.4. The van der Waals surface area contributed by atoms with Crippen molar-refractivity contribution in [3.63, 3.8) is 0 Å². The molecule has 0 aliphatic carbocycles. The van der Waals surface area contributed by atoms with Crippen molar-refractivity contribution >= 4 is 27.6 Å². The van der Waals surface area contributed by atoms with Crippen LogP contribution >= 0.6 is 0 Å². The second kappa shape index (κ2) is 5.80. The van der Waals surface area contributed by atoms with Crippen molar-refractivity contribution in [1.29, 1.82) is 0 Å². The van der Waals surface area contributed by atoms with E-state index in [-0.39, 0.29) is 50.0 Å². The lowest BCUT2D eigenvalue weighted by molar-refractivity contribution is -0.146. The number of imide groups is 1. The van der Waals surface area contributed by atoms with Gasteiger partial charge < -0.3 is 9.32 Å². The highest BCUT2D eigenvalue weighted by Gasteiger charge is 2.41. The number of hydrogen-bond donors (Lipinski definition) is 0. The second-order valence-corrected chi connectivity index (χ2v) is 7.96. The maximum Gasteiger partial charge on any atom is 0.242 e. The fourth-order valence-corrected chi connectivity index (χ4v) is 4.22. The molecule has 0 radical (unpaired) electrons. The van der Waals surface area contributed by atoms with Gasteiger partial charge in [0.05, 0.1) is 11.5 Å². The standard InChI is InChI=1S/C14H16N2O6S/c17-12-3-4-13(18)16(12)8-14(19)15-6-11(7-15)23(20,21)9-10-2-1-5-22-10/h1-2,5,11H,3-4,6-9H2. The van der Waals surface area contributed by atoms with E-state index in [2.05, 4.69) is 0 Å². The molecule has 8 nitrogen and oxygen atoms in total. The molecule has 124 valence electrons. The first kappa shape index (κ1) is 15.7. The normalized spacial score (nSPS) is 19.3. The summed E-state index contributed by atoms with van der Waals surface area (Å²) in [6.45, 7) is -0.140. The van der Waals surface area contributed by atoms with Gasteiger partial charge in [-0.3, -0.25) is 19.3 Å². The van der Waals surface area contributed by atoms with E-state index in [0.29, 0.717) is 5.76 Å². The molecule has 2 aliphatic heterocycles. The average Bonchev–Trinajstić information content (AvgIpc) is 3.01. The number of nitrogens with zero attached hydrogens (tertiary/aromatic N) is 2. The van der Waals surface area contributed by atoms with Gasteiger partial charge in [-0.15, -0.1) is 0 Å². The largest absolute Gasteiger partial charge is 0.468 e. The van der Waals surface area contributed by atoms with Crippen molar-refractivity contribution in [2.75, 3.05) is 19.6 Å². The van der Waals surface area contributed by atoms with Gasteiger partial charge in [0, 0.05) is 25.9 Å². The van der Waals surface area contributed by atoms with Crippen LogP contribution in [0.4, 0.5) is 0 Å². The van der Waals surface area contributed by atoms with Crippen LogP contribution in [0.25, 0.3) is 0 Å². The van der Waals surface area contributed by atoms with E-state index in [1.54, 1.807) is 12.1 Å². The van der Waals surface area contributed by atoms with Gasteiger partial charge in [-0.1, -0.05) is 0 Å². The van der Waals surface area contributed by atoms with Crippen LogP contribution in [0.15, 0.2) is 22.8 Å². The highest BCUT2D eigenvalue weighted by molar-refractivity contribution is 7.91. The van der Waals surface area contributed by atoms with Crippen LogP contribution in [-0.2, 0) is 30.0 Å². The number of amides is 3. The minimum absolute atomic E-state index is 0.0814. The molecular formula is C14H16N2O6S. The fraction of sp³-hybridized carbons (Fsp3) is 0.500. The zero-order valence-electron chi connectivity index (χ0n) is 12.3. The molecule has 1 aromatic rings. The maximum absolute atomic E-state index is 12.2. The highest BCUT2D eigenvalue weighted by Crippen LogP contribution is 2.21. The Morgan fingerprint density at radius 1 is 1.22 bits per heavy atom. The van der Waals surface area contributed by atoms with Crippen molar-refractivity contribution in [3.05, 3.63) is 24.2 Å². The summed E-state index contributed by atoms with van der Waals surface area (Å²) in [5.74, 6) is -0.951. The third-order valence-electron chi connectivity index (χ3n) is 4.08. The Bertz CT molecular complexity index is 717. The molecule has 0 bridgehead atoms. The maximum atomic E-state index is 12.2. The Kier molecular flexibility index (Phi) is 3.97. The van der Waals surface area contributed by atoms with Gasteiger partial charge >= 0.3 is 0 Å². The minimum Gasteiger partial charge on any atom is -0.468 e. The third kappa shape index (κ3) is 3.14. The summed E-state index contributed by atoms with van der Waals surface area (Å²) in [6, 6.07) is 3.20. The predicted octanol–water partition coefficient (Wildman–Crippen LogP) is -0.446. The molecule has 2 saturated heterocycles. The Balaban J connectivity index is 1.53. The molecule has 2 fully saturated rings. The highest BCUT2D eigenvalue weighted by atomic mass is 32.2. The Morgan fingerprint density at radius 3 is 2.43 bits per heavy atom. The monoisotopic (exact) mass is 340 g/mol. The van der Waals surface area contributed by atoms with E-state index in [4.69, 9.17) is 4.42 Å². The van der Waals surface area contributed by atoms with Gasteiger partial charge in [0.1, 0.15) is 18.1 Å². The molecule has 0 saturated carbocycles. The zero-order valence-corrected chi connectivity index (χ0v) is 13.1. The SMILES string of the molecule is O=C(CN1C(=O)CCC1=O)N1CC(S(=O)(=O)Cc2ccco2)C1. The van der Waals surface area contributed by atoms with E-state index in [9.17, 15) is 22.8 Å². The predicted molar refractivity (Wildman–Crippen MR) is 77.7 cm³/mol. The van der Waals surface area contributed by atoms with Gasteiger partial charge in [0.25, 0.3) is 0 Å². The Hall–Kier alpha value is -2.16. The smallest absolute Gasteiger partial charge is 0.242 e. The van der Waals surface area contributed by atoms with Crippen LogP contribution in [-0.4, -0.2) is 60.8 Å². The molecule has 0 aromatic carbocycles. The molecule has 3 rings (SSSR count). The molecule has 0 N–H and O–H groups in total. The van der Waals surface area contributed by atoms with Crippen molar-refractivity contribution in [3.8, 4) is 0 Å². The summed E-state index contributed by atoms with van der Waals surface area (Å²) >= 11 is 0. The van der Waals surface area contributed by atoms with E-state index in [0.717, 1.165) is 4.90 Å². The third-order valence-corrected chi connectivity index (χ3v) is 6.08. The number of carbonyl (C=O) groups is 3. The average molecular weight is 340 g/mol. The van der Waals surface area contributed by atoms with Gasteiger partial charge in [-0.25, -0.2) is 8.42 Å². The summed E-state index contributed by atoms with van der Waals surface area (Å²) in [7, 11) is -3.40. The zero-order chi connectivity index (χ0) is 16.6. The van der Waals surface area contributed by atoms with Crippen molar-refractivity contribution in [2.45, 2.75) is 23.8 Å². The lowest BCUT2D eigenvalue weighted by Gasteiger charge is -2.39.